The average Bonchev–Trinajstić information content (AvgIpc) is 4.03. The van der Waals surface area contributed by atoms with Gasteiger partial charge in [-0.25, -0.2) is 0 Å². The van der Waals surface area contributed by atoms with Gasteiger partial charge in [-0.15, -0.1) is 0 Å². The first kappa shape index (κ1) is 31.4. The molecule has 4 heterocycles. The zero-order valence-corrected chi connectivity index (χ0v) is 31.2. The van der Waals surface area contributed by atoms with Gasteiger partial charge in [0.15, 0.2) is 0 Å². The molecule has 0 amide bonds. The Morgan fingerprint density at radius 1 is 0.241 bits per heavy atom. The van der Waals surface area contributed by atoms with E-state index in [-0.39, 0.29) is 0 Å². The Balaban J connectivity index is 0.924. The summed E-state index contributed by atoms with van der Waals surface area (Å²) in [4.78, 5) is 0. The van der Waals surface area contributed by atoms with E-state index in [9.17, 15) is 0 Å². The predicted octanol–water partition coefficient (Wildman–Crippen LogP) is 15.0. The van der Waals surface area contributed by atoms with E-state index < -0.39 is 0 Å². The second-order valence-corrected chi connectivity index (χ2v) is 15.3. The molecule has 0 aliphatic rings. The third-order valence-corrected chi connectivity index (χ3v) is 12.1. The molecule has 270 valence electrons. The Labute approximate surface area is 332 Å². The third kappa shape index (κ3) is 4.51. The molecule has 58 heavy (non-hydrogen) atoms. The number of benzene rings is 9. The van der Waals surface area contributed by atoms with Gasteiger partial charge in [0.05, 0.1) is 22.1 Å². The topological polar surface area (TPSA) is 36.1 Å². The first-order valence-corrected chi connectivity index (χ1v) is 19.7. The third-order valence-electron chi connectivity index (χ3n) is 12.1. The van der Waals surface area contributed by atoms with Crippen molar-refractivity contribution in [1.29, 1.82) is 0 Å². The zero-order chi connectivity index (χ0) is 37.9. The average molecular weight is 741 g/mol. The highest BCUT2D eigenvalue weighted by atomic mass is 16.3. The van der Waals surface area contributed by atoms with E-state index in [1.54, 1.807) is 0 Å². The molecule has 13 aromatic rings. The van der Waals surface area contributed by atoms with Gasteiger partial charge in [0.1, 0.15) is 22.3 Å². The van der Waals surface area contributed by atoms with Crippen molar-refractivity contribution >= 4 is 87.5 Å². The number of fused-ring (bicyclic) bond motifs is 12. The molecule has 4 heteroatoms. The minimum Gasteiger partial charge on any atom is -0.456 e. The van der Waals surface area contributed by atoms with Crippen molar-refractivity contribution in [2.45, 2.75) is 0 Å². The Morgan fingerprint density at radius 2 is 0.603 bits per heavy atom. The Hall–Kier alpha value is -7.82. The van der Waals surface area contributed by atoms with E-state index in [1.807, 2.05) is 0 Å². The highest BCUT2D eigenvalue weighted by Crippen LogP contribution is 2.40. The summed E-state index contributed by atoms with van der Waals surface area (Å²) in [5, 5.41) is 9.38. The van der Waals surface area contributed by atoms with Crippen molar-refractivity contribution in [1.82, 2.24) is 9.13 Å². The van der Waals surface area contributed by atoms with Crippen molar-refractivity contribution in [3.05, 3.63) is 194 Å². The number of hydrogen-bond donors (Lipinski definition) is 0. The van der Waals surface area contributed by atoms with E-state index in [0.29, 0.717) is 0 Å². The standard InChI is InChI=1S/C54H32N2O2/c1-2-10-37(11-3-1)55-49-17-9-6-14-41(49)42-28-33(18-23-50(42)55)34-19-24-51-43(29-34)44-30-35(20-25-52(44)57-51)36-21-26-53-45(31-36)46-32-38(22-27-54(46)58-53)56-47-15-7-4-12-39(47)40-13-5-8-16-48(40)56/h1-32H. The van der Waals surface area contributed by atoms with Crippen molar-refractivity contribution < 1.29 is 8.83 Å². The summed E-state index contributed by atoms with van der Waals surface area (Å²) in [6.07, 6.45) is 0. The maximum atomic E-state index is 6.42. The Kier molecular flexibility index (Phi) is 6.41. The maximum Gasteiger partial charge on any atom is 0.135 e. The number of nitrogens with zero attached hydrogens (tertiary/aromatic N) is 2. The van der Waals surface area contributed by atoms with Crippen LogP contribution in [0.2, 0.25) is 0 Å². The second-order valence-electron chi connectivity index (χ2n) is 15.3. The van der Waals surface area contributed by atoms with Crippen LogP contribution < -0.4 is 0 Å². The van der Waals surface area contributed by atoms with Crippen molar-refractivity contribution in [2.24, 2.45) is 0 Å². The number of hydrogen-bond acceptors (Lipinski definition) is 2. The van der Waals surface area contributed by atoms with Crippen LogP contribution in [0.25, 0.3) is 121 Å². The van der Waals surface area contributed by atoms with Crippen LogP contribution >= 0.6 is 0 Å². The molecular formula is C54H32N2O2. The largest absolute Gasteiger partial charge is 0.456 e. The Morgan fingerprint density at radius 3 is 1.12 bits per heavy atom. The van der Waals surface area contributed by atoms with Crippen molar-refractivity contribution in [2.75, 3.05) is 0 Å². The molecule has 13 rings (SSSR count). The van der Waals surface area contributed by atoms with E-state index in [4.69, 9.17) is 8.83 Å². The fourth-order valence-electron chi connectivity index (χ4n) is 9.43. The minimum atomic E-state index is 0.876. The minimum absolute atomic E-state index is 0.876. The van der Waals surface area contributed by atoms with Gasteiger partial charge in [0, 0.05) is 54.5 Å². The SMILES string of the molecule is c1ccc(-n2c3ccccc3c3cc(-c4ccc5oc6ccc(-c7ccc8oc9ccc(-n%10c%11ccccc%11c%11ccccc%11%10)cc9c8c7)cc6c5c4)ccc32)cc1. The lowest BCUT2D eigenvalue weighted by molar-refractivity contribution is 0.668. The molecule has 0 spiro atoms. The van der Waals surface area contributed by atoms with E-state index in [2.05, 4.69) is 203 Å². The monoisotopic (exact) mass is 740 g/mol. The second kappa shape index (κ2) is 11.8. The van der Waals surface area contributed by atoms with Crippen LogP contribution in [0.15, 0.2) is 203 Å². The summed E-state index contributed by atoms with van der Waals surface area (Å²) in [7, 11) is 0. The zero-order valence-electron chi connectivity index (χ0n) is 31.2. The van der Waals surface area contributed by atoms with Crippen LogP contribution in [0.1, 0.15) is 0 Å². The van der Waals surface area contributed by atoms with Gasteiger partial charge in [0.25, 0.3) is 0 Å². The summed E-state index contributed by atoms with van der Waals surface area (Å²) >= 11 is 0. The van der Waals surface area contributed by atoms with Crippen LogP contribution in [-0.4, -0.2) is 9.13 Å². The summed E-state index contributed by atoms with van der Waals surface area (Å²) in [6, 6.07) is 69.6. The van der Waals surface area contributed by atoms with Crippen LogP contribution in [0.4, 0.5) is 0 Å². The van der Waals surface area contributed by atoms with Crippen molar-refractivity contribution in [3.63, 3.8) is 0 Å². The lowest BCUT2D eigenvalue weighted by atomic mass is 9.98. The molecule has 0 aliphatic heterocycles. The quantitative estimate of drug-likeness (QED) is 0.180. The maximum absolute atomic E-state index is 6.42. The van der Waals surface area contributed by atoms with Gasteiger partial charge in [-0.3, -0.25) is 0 Å². The molecular weight excluding hydrogens is 709 g/mol. The van der Waals surface area contributed by atoms with Crippen LogP contribution in [-0.2, 0) is 0 Å². The molecule has 0 atom stereocenters. The van der Waals surface area contributed by atoms with Gasteiger partial charge in [0.2, 0.25) is 0 Å². The van der Waals surface area contributed by atoms with Gasteiger partial charge < -0.3 is 18.0 Å². The highest BCUT2D eigenvalue weighted by molar-refractivity contribution is 6.13. The van der Waals surface area contributed by atoms with E-state index in [0.717, 1.165) is 71.9 Å². The molecule has 0 bridgehead atoms. The van der Waals surface area contributed by atoms with E-state index >= 15 is 0 Å². The smallest absolute Gasteiger partial charge is 0.135 e. The van der Waals surface area contributed by atoms with Gasteiger partial charge in [-0.1, -0.05) is 97.1 Å². The molecule has 0 unspecified atom stereocenters. The number of rotatable bonds is 4. The predicted molar refractivity (Wildman–Crippen MR) is 241 cm³/mol. The summed E-state index contributed by atoms with van der Waals surface area (Å²) in [5.74, 6) is 0. The molecule has 0 saturated carbocycles. The van der Waals surface area contributed by atoms with Gasteiger partial charge in [-0.05, 0) is 119 Å². The molecule has 4 nitrogen and oxygen atoms in total. The normalized spacial score (nSPS) is 12.1. The lowest BCUT2D eigenvalue weighted by Crippen LogP contribution is -1.93. The molecule has 0 N–H and O–H groups in total. The first-order chi connectivity index (χ1) is 28.7. The molecule has 4 aromatic heterocycles. The summed E-state index contributed by atoms with van der Waals surface area (Å²) in [5.41, 5.74) is 15.2. The summed E-state index contributed by atoms with van der Waals surface area (Å²) < 4.78 is 17.5. The fourth-order valence-corrected chi connectivity index (χ4v) is 9.43. The number of aromatic nitrogens is 2. The van der Waals surface area contributed by atoms with Crippen LogP contribution in [0.3, 0.4) is 0 Å². The lowest BCUT2D eigenvalue weighted by Gasteiger charge is -2.08. The number of furan rings is 2. The molecule has 9 aromatic carbocycles. The number of para-hydroxylation sites is 4. The molecule has 0 fully saturated rings. The van der Waals surface area contributed by atoms with Crippen LogP contribution in [0, 0.1) is 0 Å². The van der Waals surface area contributed by atoms with E-state index in [1.165, 1.54) is 49.2 Å². The molecule has 0 saturated heterocycles. The molecule has 0 aliphatic carbocycles. The van der Waals surface area contributed by atoms with Crippen molar-refractivity contribution in [3.8, 4) is 33.6 Å². The highest BCUT2D eigenvalue weighted by Gasteiger charge is 2.17. The van der Waals surface area contributed by atoms with Gasteiger partial charge in [-0.2, -0.15) is 0 Å². The van der Waals surface area contributed by atoms with Gasteiger partial charge >= 0.3 is 0 Å². The molecule has 0 radical (unpaired) electrons. The summed E-state index contributed by atoms with van der Waals surface area (Å²) in [6.45, 7) is 0. The Bertz CT molecular complexity index is 3750. The fraction of sp³-hybridized carbons (Fsp3) is 0. The first-order valence-electron chi connectivity index (χ1n) is 19.7. The van der Waals surface area contributed by atoms with Crippen LogP contribution in [0.5, 0.6) is 0 Å².